The zero-order valence-corrected chi connectivity index (χ0v) is 20.4. The Kier molecular flexibility index (Phi) is 5.20. The normalized spacial score (nSPS) is 36.7. The van der Waals surface area contributed by atoms with E-state index in [1.165, 1.54) is 0 Å². The number of esters is 1. The Bertz CT molecular complexity index is 1050. The molecule has 2 saturated heterocycles. The maximum atomic E-state index is 13.4. The molecular formula is C26H29IO4. The molecule has 5 rings (SSSR count). The minimum Gasteiger partial charge on any atom is -0.455 e. The summed E-state index contributed by atoms with van der Waals surface area (Å²) in [5, 5.41) is 2.11. The van der Waals surface area contributed by atoms with Crippen LogP contribution in [0.2, 0.25) is 0 Å². The monoisotopic (exact) mass is 532 g/mol. The van der Waals surface area contributed by atoms with Crippen molar-refractivity contribution in [3.8, 4) is 0 Å². The van der Waals surface area contributed by atoms with Crippen molar-refractivity contribution in [3.63, 3.8) is 0 Å². The second-order valence-electron chi connectivity index (χ2n) is 10.1. The number of Topliss-reactive ketones (excluding diaryl/α,β-unsaturated/α-hetero) is 1. The van der Waals surface area contributed by atoms with Gasteiger partial charge in [-0.3, -0.25) is 4.79 Å². The lowest BCUT2D eigenvalue weighted by molar-refractivity contribution is -0.233. The Hall–Kier alpha value is -1.47. The number of benzene rings is 2. The quantitative estimate of drug-likeness (QED) is 0.286. The molecule has 6 unspecified atom stereocenters. The Balaban J connectivity index is 1.53. The Labute approximate surface area is 197 Å². The van der Waals surface area contributed by atoms with Crippen LogP contribution in [0.1, 0.15) is 56.8 Å². The largest absolute Gasteiger partial charge is 0.455 e. The van der Waals surface area contributed by atoms with E-state index >= 15 is 0 Å². The molecule has 164 valence electrons. The van der Waals surface area contributed by atoms with Gasteiger partial charge in [0, 0.05) is 22.2 Å². The maximum absolute atomic E-state index is 13.4. The smallest absolute Gasteiger partial charge is 0.338 e. The minimum absolute atomic E-state index is 0.110. The number of ether oxygens (including phenoxy) is 2. The van der Waals surface area contributed by atoms with Gasteiger partial charge in [0.05, 0.1) is 5.56 Å². The summed E-state index contributed by atoms with van der Waals surface area (Å²) in [6.07, 6.45) is 2.64. The average molecular weight is 532 g/mol. The first kappa shape index (κ1) is 21.4. The van der Waals surface area contributed by atoms with Crippen molar-refractivity contribution in [2.45, 2.75) is 67.7 Å². The number of hydrogen-bond acceptors (Lipinski definition) is 4. The molecule has 5 heteroatoms. The van der Waals surface area contributed by atoms with Gasteiger partial charge in [0.2, 0.25) is 0 Å². The first-order valence-corrected chi connectivity index (χ1v) is 12.6. The molecule has 2 aromatic carbocycles. The number of hydrogen-bond donors (Lipinski definition) is 0. The van der Waals surface area contributed by atoms with Gasteiger partial charge < -0.3 is 9.47 Å². The summed E-state index contributed by atoms with van der Waals surface area (Å²) in [5.41, 5.74) is -0.914. The molecule has 2 bridgehead atoms. The van der Waals surface area contributed by atoms with Crippen molar-refractivity contribution < 1.29 is 19.1 Å². The van der Waals surface area contributed by atoms with E-state index in [2.05, 4.69) is 36.4 Å². The number of carbonyl (C=O) groups excluding carboxylic acids is 2. The molecule has 0 aromatic heterocycles. The van der Waals surface area contributed by atoms with E-state index in [4.69, 9.17) is 9.47 Å². The molecule has 1 aliphatic carbocycles. The third kappa shape index (κ3) is 3.34. The molecule has 6 atom stereocenters. The Morgan fingerprint density at radius 1 is 1.19 bits per heavy atom. The minimum atomic E-state index is -0.745. The fraction of sp³-hybridized carbons (Fsp3) is 0.538. The number of halogens is 1. The van der Waals surface area contributed by atoms with Crippen molar-refractivity contribution in [1.29, 1.82) is 0 Å². The zero-order chi connectivity index (χ0) is 22.0. The van der Waals surface area contributed by atoms with Crippen LogP contribution in [-0.2, 0) is 14.3 Å². The molecule has 4 nitrogen and oxygen atoms in total. The second kappa shape index (κ2) is 7.55. The van der Waals surface area contributed by atoms with E-state index in [1.807, 2.05) is 49.4 Å². The van der Waals surface area contributed by atoms with Crippen LogP contribution in [0, 0.1) is 17.8 Å². The maximum Gasteiger partial charge on any atom is 0.338 e. The molecule has 2 aliphatic heterocycles. The Morgan fingerprint density at radius 3 is 2.68 bits per heavy atom. The van der Waals surface area contributed by atoms with Crippen LogP contribution in [0.25, 0.3) is 10.8 Å². The van der Waals surface area contributed by atoms with Gasteiger partial charge >= 0.3 is 5.97 Å². The van der Waals surface area contributed by atoms with Gasteiger partial charge in [-0.15, -0.1) is 0 Å². The van der Waals surface area contributed by atoms with E-state index in [0.29, 0.717) is 21.8 Å². The standard InChI is InChI=1S/C26H29IO4/c1-15(2)13-26-14-21(28)25(3,31-26)19-10-11-20(27)22(19)23(26)30-24(29)18-9-8-16-6-4-5-7-17(16)12-18/h4-9,12,15,19-20,22-23H,10-11,13-14H2,1-3H3. The average Bonchev–Trinajstić information content (AvgIpc) is 3.21. The third-order valence-electron chi connectivity index (χ3n) is 7.61. The third-order valence-corrected chi connectivity index (χ3v) is 9.07. The predicted octanol–water partition coefficient (Wildman–Crippen LogP) is 5.74. The van der Waals surface area contributed by atoms with Crippen molar-refractivity contribution in [2.75, 3.05) is 0 Å². The summed E-state index contributed by atoms with van der Waals surface area (Å²) in [7, 11) is 0. The first-order valence-electron chi connectivity index (χ1n) is 11.3. The van der Waals surface area contributed by atoms with Gasteiger partial charge in [0.15, 0.2) is 5.78 Å². The zero-order valence-electron chi connectivity index (χ0n) is 18.3. The number of ketones is 1. The van der Waals surface area contributed by atoms with Crippen LogP contribution in [0.15, 0.2) is 42.5 Å². The van der Waals surface area contributed by atoms with Gasteiger partial charge in [0.1, 0.15) is 17.3 Å². The van der Waals surface area contributed by atoms with Crippen molar-refractivity contribution in [2.24, 2.45) is 17.8 Å². The molecule has 3 fully saturated rings. The number of rotatable bonds is 4. The lowest BCUT2D eigenvalue weighted by Gasteiger charge is -2.50. The van der Waals surface area contributed by atoms with Gasteiger partial charge in [0.25, 0.3) is 0 Å². The van der Waals surface area contributed by atoms with E-state index in [0.717, 1.165) is 30.0 Å². The fourth-order valence-electron chi connectivity index (χ4n) is 6.38. The summed E-state index contributed by atoms with van der Waals surface area (Å²) >= 11 is 2.50. The molecule has 0 spiro atoms. The highest BCUT2D eigenvalue weighted by Crippen LogP contribution is 2.60. The number of carbonyl (C=O) groups is 2. The molecule has 0 radical (unpaired) electrons. The van der Waals surface area contributed by atoms with Crippen molar-refractivity contribution in [1.82, 2.24) is 0 Å². The number of fused-ring (bicyclic) bond motifs is 5. The highest BCUT2D eigenvalue weighted by Gasteiger charge is 2.70. The predicted molar refractivity (Wildman–Crippen MR) is 128 cm³/mol. The van der Waals surface area contributed by atoms with Crippen LogP contribution in [0.4, 0.5) is 0 Å². The van der Waals surface area contributed by atoms with E-state index in [-0.39, 0.29) is 23.6 Å². The van der Waals surface area contributed by atoms with Gasteiger partial charge in [-0.05, 0) is 55.0 Å². The van der Waals surface area contributed by atoms with Crippen LogP contribution in [0.5, 0.6) is 0 Å². The van der Waals surface area contributed by atoms with Gasteiger partial charge in [-0.25, -0.2) is 4.79 Å². The second-order valence-corrected chi connectivity index (χ2v) is 11.7. The van der Waals surface area contributed by atoms with Crippen LogP contribution in [0.3, 0.4) is 0 Å². The van der Waals surface area contributed by atoms with Crippen molar-refractivity contribution in [3.05, 3.63) is 48.0 Å². The van der Waals surface area contributed by atoms with Crippen LogP contribution < -0.4 is 0 Å². The summed E-state index contributed by atoms with van der Waals surface area (Å²) in [5.74, 6) is 0.452. The highest BCUT2D eigenvalue weighted by atomic mass is 127. The molecule has 2 aromatic rings. The Morgan fingerprint density at radius 2 is 1.94 bits per heavy atom. The van der Waals surface area contributed by atoms with E-state index in [1.54, 1.807) is 0 Å². The van der Waals surface area contributed by atoms with Crippen molar-refractivity contribution >= 4 is 45.1 Å². The molecule has 0 N–H and O–H groups in total. The summed E-state index contributed by atoms with van der Waals surface area (Å²) < 4.78 is 13.3. The molecular weight excluding hydrogens is 503 g/mol. The molecule has 31 heavy (non-hydrogen) atoms. The van der Waals surface area contributed by atoms with Gasteiger partial charge in [-0.1, -0.05) is 66.8 Å². The molecule has 1 saturated carbocycles. The lowest BCUT2D eigenvalue weighted by Crippen LogP contribution is -2.60. The van der Waals surface area contributed by atoms with Crippen LogP contribution in [-0.4, -0.2) is 33.0 Å². The topological polar surface area (TPSA) is 52.6 Å². The molecule has 2 heterocycles. The SMILES string of the molecule is CC(C)CC12CC(=O)C(C)(O1)C1CCC(I)C1C2OC(=O)c1ccc2ccccc2c1. The van der Waals surface area contributed by atoms with Crippen LogP contribution >= 0.6 is 22.6 Å². The van der Waals surface area contributed by atoms with E-state index in [9.17, 15) is 9.59 Å². The van der Waals surface area contributed by atoms with Gasteiger partial charge in [-0.2, -0.15) is 0 Å². The fourth-order valence-corrected chi connectivity index (χ4v) is 7.62. The highest BCUT2D eigenvalue weighted by molar-refractivity contribution is 14.1. The summed E-state index contributed by atoms with van der Waals surface area (Å²) in [6.45, 7) is 6.26. The number of alkyl halides is 1. The summed E-state index contributed by atoms with van der Waals surface area (Å²) in [4.78, 5) is 26.5. The summed E-state index contributed by atoms with van der Waals surface area (Å²) in [6, 6.07) is 13.7. The van der Waals surface area contributed by atoms with E-state index < -0.39 is 17.3 Å². The first-order chi connectivity index (χ1) is 14.7. The molecule has 3 aliphatic rings. The molecule has 0 amide bonds. The lowest BCUT2D eigenvalue weighted by atomic mass is 9.73.